The molecule has 0 radical (unpaired) electrons. The Bertz CT molecular complexity index is 1150. The number of carbonyl (C=O) groups excluding carboxylic acids is 2. The molecule has 0 aliphatic rings. The third-order valence-corrected chi connectivity index (χ3v) is 6.51. The molecule has 0 aromatic heterocycles. The molecule has 178 valence electrons. The molecule has 2 amide bonds. The van der Waals surface area contributed by atoms with E-state index in [9.17, 15) is 9.59 Å². The summed E-state index contributed by atoms with van der Waals surface area (Å²) in [6, 6.07) is 18.9. The Balaban J connectivity index is 2.00. The van der Waals surface area contributed by atoms with Gasteiger partial charge in [-0.1, -0.05) is 88.9 Å². The lowest BCUT2D eigenvalue weighted by atomic mass is 10.0. The van der Waals surface area contributed by atoms with E-state index in [2.05, 4.69) is 5.32 Å². The number of nitrogens with one attached hydrogen (secondary N) is 1. The van der Waals surface area contributed by atoms with Crippen LogP contribution in [0, 0.1) is 0 Å². The van der Waals surface area contributed by atoms with E-state index in [4.69, 9.17) is 46.4 Å². The van der Waals surface area contributed by atoms with E-state index in [1.807, 2.05) is 37.3 Å². The highest BCUT2D eigenvalue weighted by Crippen LogP contribution is 2.26. The largest absolute Gasteiger partial charge is 0.355 e. The van der Waals surface area contributed by atoms with Gasteiger partial charge in [-0.2, -0.15) is 0 Å². The fraction of sp³-hybridized carbons (Fsp3) is 0.231. The second kappa shape index (κ2) is 12.5. The van der Waals surface area contributed by atoms with Gasteiger partial charge in [-0.3, -0.25) is 9.59 Å². The van der Waals surface area contributed by atoms with Crippen LogP contribution in [0.2, 0.25) is 20.1 Å². The summed E-state index contributed by atoms with van der Waals surface area (Å²) in [5.41, 5.74) is 2.24. The van der Waals surface area contributed by atoms with Crippen LogP contribution >= 0.6 is 46.4 Å². The standard InChI is InChI=1S/C26H24Cl4N2O2/c1-2-31-26(34)24(12-17-6-4-3-5-7-17)32(16-19-9-11-21(28)15-23(19)30)25(33)13-18-8-10-20(27)14-22(18)29/h3-11,14-15,24H,2,12-13,16H2,1H3,(H,31,34)/t24-/m0/s1. The number of nitrogens with zero attached hydrogens (tertiary/aromatic N) is 1. The number of hydrogen-bond donors (Lipinski definition) is 1. The normalized spacial score (nSPS) is 11.7. The summed E-state index contributed by atoms with van der Waals surface area (Å²) in [5.74, 6) is -0.505. The quantitative estimate of drug-likeness (QED) is 0.333. The van der Waals surface area contributed by atoms with Gasteiger partial charge < -0.3 is 10.2 Å². The highest BCUT2D eigenvalue weighted by molar-refractivity contribution is 6.35. The maximum atomic E-state index is 13.7. The van der Waals surface area contributed by atoms with Gasteiger partial charge in [0.15, 0.2) is 0 Å². The van der Waals surface area contributed by atoms with Gasteiger partial charge in [0.1, 0.15) is 6.04 Å². The molecule has 0 saturated heterocycles. The lowest BCUT2D eigenvalue weighted by Crippen LogP contribution is -2.51. The Hall–Kier alpha value is -2.24. The monoisotopic (exact) mass is 536 g/mol. The molecule has 0 unspecified atom stereocenters. The van der Waals surface area contributed by atoms with Gasteiger partial charge in [0.25, 0.3) is 0 Å². The van der Waals surface area contributed by atoms with Crippen LogP contribution in [0.25, 0.3) is 0 Å². The van der Waals surface area contributed by atoms with Crippen LogP contribution in [-0.4, -0.2) is 29.3 Å². The van der Waals surface area contributed by atoms with Crippen molar-refractivity contribution in [3.8, 4) is 0 Å². The summed E-state index contributed by atoms with van der Waals surface area (Å²) in [5, 5.41) is 4.65. The van der Waals surface area contributed by atoms with E-state index in [-0.39, 0.29) is 24.8 Å². The zero-order chi connectivity index (χ0) is 24.7. The van der Waals surface area contributed by atoms with Crippen LogP contribution < -0.4 is 5.32 Å². The molecule has 4 nitrogen and oxygen atoms in total. The lowest BCUT2D eigenvalue weighted by molar-refractivity contribution is -0.140. The number of rotatable bonds is 9. The van der Waals surface area contributed by atoms with Crippen LogP contribution in [0.4, 0.5) is 0 Å². The molecule has 3 aromatic rings. The summed E-state index contributed by atoms with van der Waals surface area (Å²) >= 11 is 24.8. The summed E-state index contributed by atoms with van der Waals surface area (Å²) in [6.07, 6.45) is 0.351. The fourth-order valence-corrected chi connectivity index (χ4v) is 4.55. The van der Waals surface area contributed by atoms with Crippen LogP contribution in [0.5, 0.6) is 0 Å². The molecule has 0 spiro atoms. The molecule has 0 fully saturated rings. The van der Waals surface area contributed by atoms with Gasteiger partial charge in [-0.05, 0) is 47.9 Å². The van der Waals surface area contributed by atoms with E-state index in [1.165, 1.54) is 0 Å². The predicted molar refractivity (Wildman–Crippen MR) is 140 cm³/mol. The molecular formula is C26H24Cl4N2O2. The smallest absolute Gasteiger partial charge is 0.243 e. The first-order chi connectivity index (χ1) is 16.3. The van der Waals surface area contributed by atoms with Gasteiger partial charge in [0.2, 0.25) is 11.8 Å². The van der Waals surface area contributed by atoms with E-state index < -0.39 is 6.04 Å². The van der Waals surface area contributed by atoms with E-state index in [0.29, 0.717) is 44.2 Å². The second-order valence-electron chi connectivity index (χ2n) is 7.77. The average molecular weight is 538 g/mol. The molecule has 1 atom stereocenters. The van der Waals surface area contributed by atoms with Crippen molar-refractivity contribution in [3.63, 3.8) is 0 Å². The summed E-state index contributed by atoms with van der Waals surface area (Å²) in [6.45, 7) is 2.42. The molecule has 3 aromatic carbocycles. The Morgan fingerprint density at radius 3 is 2.00 bits per heavy atom. The first kappa shape index (κ1) is 26.4. The topological polar surface area (TPSA) is 49.4 Å². The molecule has 0 heterocycles. The predicted octanol–water partition coefficient (Wildman–Crippen LogP) is 6.62. The Morgan fingerprint density at radius 1 is 0.853 bits per heavy atom. The van der Waals surface area contributed by atoms with Crippen molar-refractivity contribution in [1.29, 1.82) is 0 Å². The van der Waals surface area contributed by atoms with Gasteiger partial charge >= 0.3 is 0 Å². The Kier molecular flexibility index (Phi) is 9.66. The zero-order valence-corrected chi connectivity index (χ0v) is 21.6. The fourth-order valence-electron chi connectivity index (χ4n) is 3.61. The lowest BCUT2D eigenvalue weighted by Gasteiger charge is -2.32. The average Bonchev–Trinajstić information content (AvgIpc) is 2.80. The Morgan fingerprint density at radius 2 is 1.44 bits per heavy atom. The maximum Gasteiger partial charge on any atom is 0.243 e. The van der Waals surface area contributed by atoms with Crippen molar-refractivity contribution in [1.82, 2.24) is 10.2 Å². The van der Waals surface area contributed by atoms with E-state index in [1.54, 1.807) is 41.3 Å². The molecule has 0 bridgehead atoms. The first-order valence-corrected chi connectivity index (χ1v) is 12.3. The van der Waals surface area contributed by atoms with Crippen LogP contribution in [0.15, 0.2) is 66.7 Å². The maximum absolute atomic E-state index is 13.7. The molecule has 3 rings (SSSR count). The van der Waals surface area contributed by atoms with Crippen molar-refractivity contribution >= 4 is 58.2 Å². The van der Waals surface area contributed by atoms with Crippen molar-refractivity contribution in [2.75, 3.05) is 6.54 Å². The van der Waals surface area contributed by atoms with Gasteiger partial charge in [-0.25, -0.2) is 0 Å². The third kappa shape index (κ3) is 7.13. The van der Waals surface area contributed by atoms with Crippen molar-refractivity contribution < 1.29 is 9.59 Å². The minimum Gasteiger partial charge on any atom is -0.355 e. The van der Waals surface area contributed by atoms with Gasteiger partial charge in [0.05, 0.1) is 6.42 Å². The van der Waals surface area contributed by atoms with Gasteiger partial charge in [-0.15, -0.1) is 0 Å². The van der Waals surface area contributed by atoms with Gasteiger partial charge in [0, 0.05) is 39.6 Å². The highest BCUT2D eigenvalue weighted by atomic mass is 35.5. The number of benzene rings is 3. The molecule has 0 saturated carbocycles. The third-order valence-electron chi connectivity index (χ3n) is 5.33. The van der Waals surface area contributed by atoms with Crippen LogP contribution in [0.3, 0.4) is 0 Å². The highest BCUT2D eigenvalue weighted by Gasteiger charge is 2.31. The van der Waals surface area contributed by atoms with Crippen molar-refractivity contribution in [2.24, 2.45) is 0 Å². The molecule has 34 heavy (non-hydrogen) atoms. The minimum atomic E-state index is -0.757. The molecule has 0 aliphatic carbocycles. The zero-order valence-electron chi connectivity index (χ0n) is 18.5. The number of carbonyl (C=O) groups is 2. The molecule has 8 heteroatoms. The molecule has 0 aliphatic heterocycles. The summed E-state index contributed by atoms with van der Waals surface area (Å²) < 4.78 is 0. The van der Waals surface area contributed by atoms with E-state index in [0.717, 1.165) is 5.56 Å². The number of hydrogen-bond acceptors (Lipinski definition) is 2. The molecular weight excluding hydrogens is 514 g/mol. The number of likely N-dealkylation sites (N-methyl/N-ethyl adjacent to an activating group) is 1. The Labute approximate surface area is 219 Å². The van der Waals surface area contributed by atoms with E-state index >= 15 is 0 Å². The van der Waals surface area contributed by atoms with Crippen molar-refractivity contribution in [2.45, 2.75) is 32.4 Å². The SMILES string of the molecule is CCNC(=O)[C@H](Cc1ccccc1)N(Cc1ccc(Cl)cc1Cl)C(=O)Cc1ccc(Cl)cc1Cl. The van der Waals surface area contributed by atoms with Crippen molar-refractivity contribution in [3.05, 3.63) is 104 Å². The molecule has 1 N–H and O–H groups in total. The summed E-state index contributed by atoms with van der Waals surface area (Å²) in [7, 11) is 0. The second-order valence-corrected chi connectivity index (χ2v) is 9.46. The number of amides is 2. The minimum absolute atomic E-state index is 0.00586. The van der Waals surface area contributed by atoms with Crippen LogP contribution in [0.1, 0.15) is 23.6 Å². The number of halogens is 4. The first-order valence-electron chi connectivity index (χ1n) is 10.8. The summed E-state index contributed by atoms with van der Waals surface area (Å²) in [4.78, 5) is 28.4. The van der Waals surface area contributed by atoms with Crippen LogP contribution in [-0.2, 0) is 29.0 Å².